The van der Waals surface area contributed by atoms with E-state index in [1.807, 2.05) is 18.2 Å². The van der Waals surface area contributed by atoms with Crippen molar-refractivity contribution in [3.8, 4) is 5.75 Å². The van der Waals surface area contributed by atoms with Gasteiger partial charge in [0.1, 0.15) is 5.75 Å². The molecule has 1 aromatic carbocycles. The fraction of sp³-hybridized carbons (Fsp3) is 0.650. The van der Waals surface area contributed by atoms with Gasteiger partial charge in [0, 0.05) is 12.6 Å². The monoisotopic (exact) mass is 330 g/mol. The van der Waals surface area contributed by atoms with Gasteiger partial charge in [-0.05, 0) is 56.2 Å². The zero-order chi connectivity index (χ0) is 16.8. The predicted octanol–water partition coefficient (Wildman–Crippen LogP) is 3.01. The van der Waals surface area contributed by atoms with Gasteiger partial charge in [-0.2, -0.15) is 0 Å². The molecule has 1 aromatic rings. The molecule has 3 rings (SSSR count). The largest absolute Gasteiger partial charge is 0.496 e. The van der Waals surface area contributed by atoms with E-state index in [0.717, 1.165) is 30.2 Å². The molecule has 1 aliphatic carbocycles. The van der Waals surface area contributed by atoms with Crippen LogP contribution in [0.25, 0.3) is 0 Å². The quantitative estimate of drug-likeness (QED) is 0.872. The van der Waals surface area contributed by atoms with Crippen molar-refractivity contribution in [3.63, 3.8) is 0 Å². The van der Waals surface area contributed by atoms with Crippen LogP contribution in [0.1, 0.15) is 44.1 Å². The van der Waals surface area contributed by atoms with E-state index in [1.54, 1.807) is 7.11 Å². The molecule has 1 amide bonds. The molecule has 2 fully saturated rings. The lowest BCUT2D eigenvalue weighted by Gasteiger charge is -2.43. The molecule has 2 atom stereocenters. The molecular formula is C20H30N2O2. The van der Waals surface area contributed by atoms with Crippen molar-refractivity contribution in [2.24, 2.45) is 5.92 Å². The molecular weight excluding hydrogens is 300 g/mol. The number of likely N-dealkylation sites (tertiary alicyclic amines) is 1. The molecule has 1 N–H and O–H groups in total. The molecule has 132 valence electrons. The number of para-hydroxylation sites is 1. The van der Waals surface area contributed by atoms with Crippen LogP contribution in [-0.4, -0.2) is 43.6 Å². The van der Waals surface area contributed by atoms with Gasteiger partial charge in [-0.15, -0.1) is 0 Å². The van der Waals surface area contributed by atoms with E-state index >= 15 is 0 Å². The first-order chi connectivity index (χ1) is 11.8. The summed E-state index contributed by atoms with van der Waals surface area (Å²) >= 11 is 0. The molecule has 1 aliphatic heterocycles. The second-order valence-corrected chi connectivity index (χ2v) is 7.14. The Morgan fingerprint density at radius 2 is 2.00 bits per heavy atom. The number of nitrogens with zero attached hydrogens (tertiary/aromatic N) is 1. The van der Waals surface area contributed by atoms with Crippen molar-refractivity contribution >= 4 is 5.91 Å². The summed E-state index contributed by atoms with van der Waals surface area (Å²) in [6.45, 7) is 2.31. The Morgan fingerprint density at radius 1 is 1.21 bits per heavy atom. The number of ether oxygens (including phenoxy) is 1. The normalized spacial score (nSPS) is 24.2. The number of piperidine rings is 1. The number of rotatable bonds is 6. The van der Waals surface area contributed by atoms with Crippen molar-refractivity contribution < 1.29 is 9.53 Å². The molecule has 1 saturated carbocycles. The minimum Gasteiger partial charge on any atom is -0.496 e. The minimum atomic E-state index is 0.163. The number of hydrogen-bond acceptors (Lipinski definition) is 3. The molecule has 1 saturated heterocycles. The summed E-state index contributed by atoms with van der Waals surface area (Å²) in [7, 11) is 1.69. The van der Waals surface area contributed by atoms with E-state index in [-0.39, 0.29) is 5.91 Å². The number of amides is 1. The highest BCUT2D eigenvalue weighted by Crippen LogP contribution is 2.34. The van der Waals surface area contributed by atoms with Gasteiger partial charge in [0.25, 0.3) is 0 Å². The first-order valence-corrected chi connectivity index (χ1v) is 9.40. The maximum absolute atomic E-state index is 12.3. The van der Waals surface area contributed by atoms with Gasteiger partial charge in [-0.1, -0.05) is 31.0 Å². The summed E-state index contributed by atoms with van der Waals surface area (Å²) in [5, 5.41) is 3.09. The van der Waals surface area contributed by atoms with Crippen LogP contribution in [0.4, 0.5) is 0 Å². The third kappa shape index (κ3) is 4.29. The zero-order valence-electron chi connectivity index (χ0n) is 14.8. The Labute approximate surface area is 145 Å². The fourth-order valence-electron chi connectivity index (χ4n) is 4.41. The molecule has 4 heteroatoms. The van der Waals surface area contributed by atoms with E-state index < -0.39 is 0 Å². The molecule has 24 heavy (non-hydrogen) atoms. The highest BCUT2D eigenvalue weighted by atomic mass is 16.5. The van der Waals surface area contributed by atoms with E-state index in [2.05, 4.69) is 16.3 Å². The number of carbonyl (C=O) groups excluding carboxylic acids is 1. The van der Waals surface area contributed by atoms with Gasteiger partial charge in [0.15, 0.2) is 0 Å². The summed E-state index contributed by atoms with van der Waals surface area (Å²) in [4.78, 5) is 14.8. The van der Waals surface area contributed by atoms with E-state index in [9.17, 15) is 4.79 Å². The summed E-state index contributed by atoms with van der Waals surface area (Å²) < 4.78 is 5.36. The van der Waals surface area contributed by atoms with Crippen LogP contribution in [0.3, 0.4) is 0 Å². The van der Waals surface area contributed by atoms with Crippen molar-refractivity contribution in [3.05, 3.63) is 29.8 Å². The molecule has 1 heterocycles. The first-order valence-electron chi connectivity index (χ1n) is 9.40. The lowest BCUT2D eigenvalue weighted by Crippen LogP contribution is -2.50. The molecule has 0 unspecified atom stereocenters. The van der Waals surface area contributed by atoms with Crippen LogP contribution in [-0.2, 0) is 11.2 Å². The Balaban J connectivity index is 1.45. The molecule has 0 radical (unpaired) electrons. The Morgan fingerprint density at radius 3 is 2.88 bits per heavy atom. The van der Waals surface area contributed by atoms with E-state index in [4.69, 9.17) is 4.74 Å². The lowest BCUT2D eigenvalue weighted by molar-refractivity contribution is -0.123. The molecule has 0 spiro atoms. The van der Waals surface area contributed by atoms with Crippen molar-refractivity contribution in [1.82, 2.24) is 10.2 Å². The Kier molecular flexibility index (Phi) is 6.13. The van der Waals surface area contributed by atoms with Gasteiger partial charge < -0.3 is 10.1 Å². The van der Waals surface area contributed by atoms with Gasteiger partial charge in [-0.3, -0.25) is 9.69 Å². The van der Waals surface area contributed by atoms with Crippen LogP contribution in [0.2, 0.25) is 0 Å². The maximum Gasteiger partial charge on any atom is 0.234 e. The van der Waals surface area contributed by atoms with Crippen LogP contribution >= 0.6 is 0 Å². The predicted molar refractivity (Wildman–Crippen MR) is 96.3 cm³/mol. The summed E-state index contributed by atoms with van der Waals surface area (Å²) in [5.74, 6) is 1.89. The van der Waals surface area contributed by atoms with Crippen LogP contribution in [0.5, 0.6) is 5.75 Å². The molecule has 0 aromatic heterocycles. The average Bonchev–Trinajstić information content (AvgIpc) is 2.62. The highest BCUT2D eigenvalue weighted by Gasteiger charge is 2.33. The second-order valence-electron chi connectivity index (χ2n) is 7.14. The van der Waals surface area contributed by atoms with Crippen molar-refractivity contribution in [1.29, 1.82) is 0 Å². The molecule has 4 nitrogen and oxygen atoms in total. The van der Waals surface area contributed by atoms with Crippen molar-refractivity contribution in [2.45, 2.75) is 51.0 Å². The standard InChI is InChI=1S/C20H30N2O2/c1-24-19-11-5-3-8-17(19)12-13-21-20(23)15-22-14-6-9-16-7-2-4-10-18(16)22/h3,5,8,11,16,18H,2,4,6-7,9-10,12-15H2,1H3,(H,21,23)/t16-,18-/m0/s1. The number of methoxy groups -OCH3 is 1. The third-order valence-corrected chi connectivity index (χ3v) is 5.61. The Bertz CT molecular complexity index is 544. The summed E-state index contributed by atoms with van der Waals surface area (Å²) in [6.07, 6.45) is 8.75. The topological polar surface area (TPSA) is 41.6 Å². The van der Waals surface area contributed by atoms with Gasteiger partial charge in [-0.25, -0.2) is 0 Å². The SMILES string of the molecule is COc1ccccc1CCNC(=O)CN1CCC[C@@H]2CCCC[C@@H]21. The Hall–Kier alpha value is -1.55. The molecule has 2 aliphatic rings. The summed E-state index contributed by atoms with van der Waals surface area (Å²) in [6, 6.07) is 8.65. The fourth-order valence-corrected chi connectivity index (χ4v) is 4.41. The number of hydrogen-bond donors (Lipinski definition) is 1. The number of carbonyl (C=O) groups is 1. The summed E-state index contributed by atoms with van der Waals surface area (Å²) in [5.41, 5.74) is 1.14. The van der Waals surface area contributed by atoms with Gasteiger partial charge in [0.05, 0.1) is 13.7 Å². The first kappa shape index (κ1) is 17.3. The number of nitrogens with one attached hydrogen (secondary N) is 1. The number of fused-ring (bicyclic) bond motifs is 1. The maximum atomic E-state index is 12.3. The van der Waals surface area contributed by atoms with Gasteiger partial charge >= 0.3 is 0 Å². The van der Waals surface area contributed by atoms with E-state index in [1.165, 1.54) is 38.5 Å². The van der Waals surface area contributed by atoms with Crippen LogP contribution < -0.4 is 10.1 Å². The third-order valence-electron chi connectivity index (χ3n) is 5.61. The second kappa shape index (κ2) is 8.52. The average molecular weight is 330 g/mol. The zero-order valence-corrected chi connectivity index (χ0v) is 14.8. The minimum absolute atomic E-state index is 0.163. The van der Waals surface area contributed by atoms with Gasteiger partial charge in [0.2, 0.25) is 5.91 Å². The molecule has 0 bridgehead atoms. The lowest BCUT2D eigenvalue weighted by atomic mass is 9.78. The van der Waals surface area contributed by atoms with Crippen LogP contribution in [0.15, 0.2) is 24.3 Å². The van der Waals surface area contributed by atoms with Crippen LogP contribution in [0, 0.1) is 5.92 Å². The van der Waals surface area contributed by atoms with E-state index in [0.29, 0.717) is 19.1 Å². The van der Waals surface area contributed by atoms with Crippen molar-refractivity contribution in [2.75, 3.05) is 26.7 Å². The smallest absolute Gasteiger partial charge is 0.234 e. The highest BCUT2D eigenvalue weighted by molar-refractivity contribution is 5.78. The number of benzene rings is 1.